The standard InChI is InChI=1S/C26H23N7O2/c1-16-7-9-18(10-8-16)15-35-22-6-4-3-5-19(22)20-13-25(34)28-26-21(20)14-27-33(26)24-12-11-23-30-29-17(2)32(23)31-24/h3-12,14,20H,13,15H2,1-2H3,(H,28,34)/t20-/m0/s1. The van der Waals surface area contributed by atoms with Crippen LogP contribution in [0.25, 0.3) is 11.5 Å². The Morgan fingerprint density at radius 2 is 1.83 bits per heavy atom. The van der Waals surface area contributed by atoms with Crippen LogP contribution in [-0.2, 0) is 11.4 Å². The molecule has 0 aliphatic carbocycles. The number of aromatic nitrogens is 6. The normalized spacial score (nSPS) is 15.1. The Hall–Kier alpha value is -4.53. The Balaban J connectivity index is 1.36. The van der Waals surface area contributed by atoms with Crippen molar-refractivity contribution in [1.29, 1.82) is 0 Å². The molecule has 6 rings (SSSR count). The maximum Gasteiger partial charge on any atom is 0.226 e. The fourth-order valence-corrected chi connectivity index (χ4v) is 4.42. The number of ether oxygens (including phenoxy) is 1. The molecule has 0 spiro atoms. The third-order valence-electron chi connectivity index (χ3n) is 6.25. The lowest BCUT2D eigenvalue weighted by Crippen LogP contribution is -2.25. The van der Waals surface area contributed by atoms with E-state index in [1.807, 2.05) is 43.3 Å². The van der Waals surface area contributed by atoms with Gasteiger partial charge in [-0.15, -0.1) is 15.3 Å². The number of aryl methyl sites for hydroxylation is 2. The van der Waals surface area contributed by atoms with E-state index in [9.17, 15) is 4.79 Å². The van der Waals surface area contributed by atoms with Crippen molar-refractivity contribution in [2.75, 3.05) is 5.32 Å². The van der Waals surface area contributed by atoms with Crippen LogP contribution in [0.5, 0.6) is 5.75 Å². The van der Waals surface area contributed by atoms with E-state index >= 15 is 0 Å². The predicted molar refractivity (Wildman–Crippen MR) is 130 cm³/mol. The maximum absolute atomic E-state index is 12.8. The van der Waals surface area contributed by atoms with Crippen molar-refractivity contribution in [2.24, 2.45) is 0 Å². The number of benzene rings is 2. The first-order chi connectivity index (χ1) is 17.1. The Morgan fingerprint density at radius 3 is 2.69 bits per heavy atom. The molecule has 0 saturated heterocycles. The van der Waals surface area contributed by atoms with Crippen molar-refractivity contribution in [3.63, 3.8) is 0 Å². The monoisotopic (exact) mass is 465 g/mol. The zero-order valence-corrected chi connectivity index (χ0v) is 19.3. The lowest BCUT2D eigenvalue weighted by atomic mass is 9.87. The number of anilines is 1. The summed E-state index contributed by atoms with van der Waals surface area (Å²) < 4.78 is 9.52. The summed E-state index contributed by atoms with van der Waals surface area (Å²) >= 11 is 0. The Morgan fingerprint density at radius 1 is 1.00 bits per heavy atom. The van der Waals surface area contributed by atoms with Gasteiger partial charge in [0.25, 0.3) is 0 Å². The van der Waals surface area contributed by atoms with Crippen LogP contribution in [0.1, 0.15) is 40.4 Å². The van der Waals surface area contributed by atoms with E-state index in [0.29, 0.717) is 36.1 Å². The van der Waals surface area contributed by atoms with Crippen molar-refractivity contribution >= 4 is 17.4 Å². The Bertz CT molecular complexity index is 1550. The van der Waals surface area contributed by atoms with Gasteiger partial charge in [0.1, 0.15) is 18.2 Å². The second-order valence-electron chi connectivity index (χ2n) is 8.69. The fourth-order valence-electron chi connectivity index (χ4n) is 4.42. The maximum atomic E-state index is 12.8. The topological polar surface area (TPSA) is 99.2 Å². The molecular formula is C26H23N7O2. The minimum atomic E-state index is -0.193. The minimum Gasteiger partial charge on any atom is -0.489 e. The van der Waals surface area contributed by atoms with Crippen LogP contribution in [0.2, 0.25) is 0 Å². The zero-order valence-electron chi connectivity index (χ0n) is 19.3. The molecule has 35 heavy (non-hydrogen) atoms. The van der Waals surface area contributed by atoms with Gasteiger partial charge in [-0.1, -0.05) is 48.0 Å². The summed E-state index contributed by atoms with van der Waals surface area (Å²) in [5.41, 5.74) is 4.81. The van der Waals surface area contributed by atoms with Gasteiger partial charge in [-0.3, -0.25) is 4.79 Å². The van der Waals surface area contributed by atoms with Gasteiger partial charge >= 0.3 is 0 Å². The van der Waals surface area contributed by atoms with Crippen molar-refractivity contribution < 1.29 is 9.53 Å². The quantitative estimate of drug-likeness (QED) is 0.422. The number of carbonyl (C=O) groups is 1. The summed E-state index contributed by atoms with van der Waals surface area (Å²) in [4.78, 5) is 12.8. The lowest BCUT2D eigenvalue weighted by molar-refractivity contribution is -0.116. The first-order valence-electron chi connectivity index (χ1n) is 11.4. The van der Waals surface area contributed by atoms with E-state index in [1.54, 1.807) is 15.4 Å². The number of hydrogen-bond donors (Lipinski definition) is 1. The summed E-state index contributed by atoms with van der Waals surface area (Å²) in [7, 11) is 0. The molecule has 4 heterocycles. The molecule has 9 heteroatoms. The fraction of sp³-hybridized carbons (Fsp3) is 0.192. The molecule has 0 radical (unpaired) electrons. The molecule has 1 aliphatic rings. The Kier molecular flexibility index (Phi) is 5.02. The van der Waals surface area contributed by atoms with E-state index in [2.05, 4.69) is 56.9 Å². The zero-order chi connectivity index (χ0) is 23.9. The first kappa shape index (κ1) is 21.0. The van der Waals surface area contributed by atoms with Gasteiger partial charge in [-0.25, -0.2) is 0 Å². The number of nitrogens with zero attached hydrogens (tertiary/aromatic N) is 6. The number of para-hydroxylation sites is 1. The van der Waals surface area contributed by atoms with Crippen molar-refractivity contribution in [2.45, 2.75) is 32.8 Å². The van der Waals surface area contributed by atoms with Crippen LogP contribution < -0.4 is 10.1 Å². The van der Waals surface area contributed by atoms with Crippen LogP contribution >= 0.6 is 0 Å². The molecule has 1 aliphatic heterocycles. The van der Waals surface area contributed by atoms with E-state index in [1.165, 1.54) is 5.56 Å². The predicted octanol–water partition coefficient (Wildman–Crippen LogP) is 3.98. The molecule has 0 fully saturated rings. The van der Waals surface area contributed by atoms with Gasteiger partial charge in [0.2, 0.25) is 5.91 Å². The van der Waals surface area contributed by atoms with Crippen LogP contribution in [0.3, 0.4) is 0 Å². The number of hydrogen-bond acceptors (Lipinski definition) is 6. The lowest BCUT2D eigenvalue weighted by Gasteiger charge is -2.25. The molecule has 3 aromatic heterocycles. The van der Waals surface area contributed by atoms with E-state index in [-0.39, 0.29) is 11.8 Å². The van der Waals surface area contributed by atoms with Gasteiger partial charge < -0.3 is 10.1 Å². The van der Waals surface area contributed by atoms with Crippen LogP contribution in [0.15, 0.2) is 66.9 Å². The van der Waals surface area contributed by atoms with Gasteiger partial charge in [0.05, 0.1) is 6.20 Å². The third-order valence-corrected chi connectivity index (χ3v) is 6.25. The smallest absolute Gasteiger partial charge is 0.226 e. The van der Waals surface area contributed by atoms with E-state index in [0.717, 1.165) is 22.4 Å². The largest absolute Gasteiger partial charge is 0.489 e. The van der Waals surface area contributed by atoms with Crippen molar-refractivity contribution in [3.05, 3.63) is 94.9 Å². The second kappa shape index (κ2) is 8.35. The highest BCUT2D eigenvalue weighted by atomic mass is 16.5. The minimum absolute atomic E-state index is 0.0841. The molecular weight excluding hydrogens is 442 g/mol. The summed E-state index contributed by atoms with van der Waals surface area (Å²) in [6, 6.07) is 19.8. The molecule has 0 unspecified atom stereocenters. The highest BCUT2D eigenvalue weighted by Crippen LogP contribution is 2.41. The van der Waals surface area contributed by atoms with Gasteiger partial charge in [-0.2, -0.15) is 14.3 Å². The third kappa shape index (κ3) is 3.80. The van der Waals surface area contributed by atoms with Crippen LogP contribution in [-0.4, -0.2) is 35.5 Å². The average molecular weight is 466 g/mol. The van der Waals surface area contributed by atoms with Crippen LogP contribution in [0, 0.1) is 13.8 Å². The number of amides is 1. The summed E-state index contributed by atoms with van der Waals surface area (Å²) in [6.07, 6.45) is 2.10. The average Bonchev–Trinajstić information content (AvgIpc) is 3.46. The van der Waals surface area contributed by atoms with Crippen LogP contribution in [0.4, 0.5) is 5.82 Å². The van der Waals surface area contributed by atoms with Gasteiger partial charge in [-0.05, 0) is 37.6 Å². The molecule has 1 atom stereocenters. The summed E-state index contributed by atoms with van der Waals surface area (Å²) in [6.45, 7) is 4.35. The molecule has 9 nitrogen and oxygen atoms in total. The highest BCUT2D eigenvalue weighted by molar-refractivity contribution is 5.94. The summed E-state index contributed by atoms with van der Waals surface area (Å²) in [5, 5.41) is 20.3. The van der Waals surface area contributed by atoms with Gasteiger partial charge in [0, 0.05) is 23.5 Å². The molecule has 1 amide bonds. The Labute approximate surface area is 201 Å². The number of fused-ring (bicyclic) bond motifs is 2. The number of nitrogens with one attached hydrogen (secondary N) is 1. The molecule has 174 valence electrons. The first-order valence-corrected chi connectivity index (χ1v) is 11.4. The molecule has 5 aromatic rings. The van der Waals surface area contributed by atoms with Crippen molar-refractivity contribution in [3.8, 4) is 11.6 Å². The summed E-state index contributed by atoms with van der Waals surface area (Å²) in [5.74, 6) is 2.32. The number of carbonyl (C=O) groups excluding carboxylic acids is 1. The molecule has 2 aromatic carbocycles. The van der Waals surface area contributed by atoms with E-state index in [4.69, 9.17) is 4.74 Å². The molecule has 0 bridgehead atoms. The highest BCUT2D eigenvalue weighted by Gasteiger charge is 2.32. The number of rotatable bonds is 5. The van der Waals surface area contributed by atoms with Gasteiger partial charge in [0.15, 0.2) is 17.3 Å². The SMILES string of the molecule is Cc1ccc(COc2ccccc2[C@@H]2CC(=O)Nc3c2cnn3-c2ccc3nnc(C)n3n2)cc1. The molecule has 0 saturated carbocycles. The van der Waals surface area contributed by atoms with Crippen molar-refractivity contribution in [1.82, 2.24) is 29.6 Å². The van der Waals surface area contributed by atoms with E-state index < -0.39 is 0 Å². The second-order valence-corrected chi connectivity index (χ2v) is 8.69. The molecule has 1 N–H and O–H groups in total.